The van der Waals surface area contributed by atoms with Gasteiger partial charge in [0.15, 0.2) is 17.7 Å². The fourth-order valence-electron chi connectivity index (χ4n) is 3.08. The average Bonchev–Trinajstić information content (AvgIpc) is 3.20. The van der Waals surface area contributed by atoms with Crippen molar-refractivity contribution in [2.45, 2.75) is 17.9 Å². The van der Waals surface area contributed by atoms with Crippen molar-refractivity contribution in [3.8, 4) is 11.4 Å². The highest BCUT2D eigenvalue weighted by Gasteiger charge is 2.34. The molecule has 7 nitrogen and oxygen atoms in total. The standard InChI is InChI=1S/C19H17F2N3O4S/c1-12-4-2-3-5-14(12)18-22-19(28-23-18)17-11-24(8-9-27-17)29(25,26)13-6-7-15(20)16(21)10-13/h2-7,10,17H,8-9,11H2,1H3/t17-/m0/s1. The molecule has 10 heteroatoms. The number of ether oxygens (including phenoxy) is 1. The van der Waals surface area contributed by atoms with Crippen LogP contribution in [0.25, 0.3) is 11.4 Å². The van der Waals surface area contributed by atoms with E-state index in [1.54, 1.807) is 0 Å². The van der Waals surface area contributed by atoms with Gasteiger partial charge in [-0.1, -0.05) is 29.4 Å². The number of sulfonamides is 1. The van der Waals surface area contributed by atoms with Gasteiger partial charge in [0.05, 0.1) is 11.5 Å². The zero-order chi connectivity index (χ0) is 20.6. The number of nitrogens with zero attached hydrogens (tertiary/aromatic N) is 3. The molecule has 1 atom stereocenters. The fraction of sp³-hybridized carbons (Fsp3) is 0.263. The van der Waals surface area contributed by atoms with Gasteiger partial charge < -0.3 is 9.26 Å². The monoisotopic (exact) mass is 421 g/mol. The molecule has 1 fully saturated rings. The van der Waals surface area contributed by atoms with Crippen LogP contribution in [0.4, 0.5) is 8.78 Å². The second kappa shape index (κ2) is 7.62. The third kappa shape index (κ3) is 3.78. The number of aryl methyl sites for hydroxylation is 1. The minimum absolute atomic E-state index is 0.0661. The molecule has 1 saturated heterocycles. The lowest BCUT2D eigenvalue weighted by Crippen LogP contribution is -2.42. The van der Waals surface area contributed by atoms with Gasteiger partial charge in [-0.3, -0.25) is 0 Å². The van der Waals surface area contributed by atoms with E-state index in [9.17, 15) is 17.2 Å². The molecule has 0 spiro atoms. The second-order valence-corrected chi connectivity index (χ2v) is 8.51. The fourth-order valence-corrected chi connectivity index (χ4v) is 4.52. The predicted octanol–water partition coefficient (Wildman–Crippen LogP) is 3.09. The molecule has 0 unspecified atom stereocenters. The number of hydrogen-bond acceptors (Lipinski definition) is 6. The van der Waals surface area contributed by atoms with Crippen molar-refractivity contribution in [1.82, 2.24) is 14.4 Å². The summed E-state index contributed by atoms with van der Waals surface area (Å²) in [5.74, 6) is -1.82. The molecule has 1 aliphatic heterocycles. The molecule has 2 heterocycles. The molecule has 4 rings (SSSR count). The molecule has 152 valence electrons. The Morgan fingerprint density at radius 3 is 2.69 bits per heavy atom. The van der Waals surface area contributed by atoms with Gasteiger partial charge in [0, 0.05) is 18.7 Å². The Labute approximate surface area is 166 Å². The summed E-state index contributed by atoms with van der Waals surface area (Å²) < 4.78 is 64.3. The Hall–Kier alpha value is -2.69. The van der Waals surface area contributed by atoms with Gasteiger partial charge in [-0.2, -0.15) is 9.29 Å². The van der Waals surface area contributed by atoms with Crippen molar-refractivity contribution in [2.24, 2.45) is 0 Å². The van der Waals surface area contributed by atoms with E-state index >= 15 is 0 Å². The average molecular weight is 421 g/mol. The topological polar surface area (TPSA) is 85.5 Å². The highest BCUT2D eigenvalue weighted by Crippen LogP contribution is 2.28. The van der Waals surface area contributed by atoms with Crippen molar-refractivity contribution in [1.29, 1.82) is 0 Å². The summed E-state index contributed by atoms with van der Waals surface area (Å²) >= 11 is 0. The van der Waals surface area contributed by atoms with Gasteiger partial charge in [-0.25, -0.2) is 17.2 Å². The maximum Gasteiger partial charge on any atom is 0.257 e. The number of rotatable bonds is 4. The van der Waals surface area contributed by atoms with Gasteiger partial charge >= 0.3 is 0 Å². The summed E-state index contributed by atoms with van der Waals surface area (Å²) in [6.07, 6.45) is -0.769. The summed E-state index contributed by atoms with van der Waals surface area (Å²) in [5, 5.41) is 3.96. The molecule has 0 bridgehead atoms. The van der Waals surface area contributed by atoms with Crippen LogP contribution in [-0.4, -0.2) is 42.6 Å². The van der Waals surface area contributed by atoms with Crippen LogP contribution in [0.15, 0.2) is 51.9 Å². The van der Waals surface area contributed by atoms with Gasteiger partial charge in [-0.05, 0) is 30.7 Å². The molecule has 0 aliphatic carbocycles. The van der Waals surface area contributed by atoms with Gasteiger partial charge in [0.2, 0.25) is 15.8 Å². The van der Waals surface area contributed by atoms with E-state index in [0.29, 0.717) is 11.9 Å². The van der Waals surface area contributed by atoms with Crippen molar-refractivity contribution in [3.63, 3.8) is 0 Å². The van der Waals surface area contributed by atoms with Crippen LogP contribution >= 0.6 is 0 Å². The van der Waals surface area contributed by atoms with Crippen LogP contribution in [0.5, 0.6) is 0 Å². The molecule has 0 N–H and O–H groups in total. The zero-order valence-electron chi connectivity index (χ0n) is 15.4. The SMILES string of the molecule is Cc1ccccc1-c1noc([C@@H]2CN(S(=O)(=O)c3ccc(F)c(F)c3)CCO2)n1. The van der Waals surface area contributed by atoms with Crippen molar-refractivity contribution < 1.29 is 26.5 Å². The van der Waals surface area contributed by atoms with Crippen LogP contribution in [0.2, 0.25) is 0 Å². The molecule has 2 aromatic carbocycles. The second-order valence-electron chi connectivity index (χ2n) is 6.57. The molecule has 29 heavy (non-hydrogen) atoms. The normalized spacial score (nSPS) is 18.1. The number of morpholine rings is 1. The third-order valence-electron chi connectivity index (χ3n) is 4.66. The molecule has 3 aromatic rings. The Kier molecular flexibility index (Phi) is 5.15. The smallest absolute Gasteiger partial charge is 0.257 e. The van der Waals surface area contributed by atoms with Gasteiger partial charge in [0.1, 0.15) is 0 Å². The number of hydrogen-bond donors (Lipinski definition) is 0. The summed E-state index contributed by atoms with van der Waals surface area (Å²) in [6.45, 7) is 1.99. The number of halogens is 2. The minimum atomic E-state index is -4.04. The number of benzene rings is 2. The molecule has 0 amide bonds. The van der Waals surface area contributed by atoms with Crippen LogP contribution < -0.4 is 0 Å². The molecular formula is C19H17F2N3O4S. The van der Waals surface area contributed by atoms with E-state index < -0.39 is 27.8 Å². The lowest BCUT2D eigenvalue weighted by atomic mass is 10.1. The molecule has 0 radical (unpaired) electrons. The van der Waals surface area contributed by atoms with Crippen molar-refractivity contribution >= 4 is 10.0 Å². The van der Waals surface area contributed by atoms with E-state index in [2.05, 4.69) is 10.1 Å². The maximum atomic E-state index is 13.5. The molecular weight excluding hydrogens is 404 g/mol. The summed E-state index contributed by atoms with van der Waals surface area (Å²) in [7, 11) is -4.04. The summed E-state index contributed by atoms with van der Waals surface area (Å²) in [4.78, 5) is 4.02. The quantitative estimate of drug-likeness (QED) is 0.644. The van der Waals surface area contributed by atoms with Crippen LogP contribution in [-0.2, 0) is 14.8 Å². The first-order valence-electron chi connectivity index (χ1n) is 8.82. The van der Waals surface area contributed by atoms with E-state index in [4.69, 9.17) is 9.26 Å². The molecule has 1 aromatic heterocycles. The van der Waals surface area contributed by atoms with Crippen LogP contribution in [0, 0.1) is 18.6 Å². The summed E-state index contributed by atoms with van der Waals surface area (Å²) in [6, 6.07) is 9.99. The molecule has 0 saturated carbocycles. The van der Waals surface area contributed by atoms with Gasteiger partial charge in [-0.15, -0.1) is 0 Å². The van der Waals surface area contributed by atoms with E-state index in [1.807, 2.05) is 31.2 Å². The highest BCUT2D eigenvalue weighted by molar-refractivity contribution is 7.89. The number of aromatic nitrogens is 2. The Morgan fingerprint density at radius 2 is 1.93 bits per heavy atom. The lowest BCUT2D eigenvalue weighted by Gasteiger charge is -2.30. The first-order chi connectivity index (χ1) is 13.9. The Bertz CT molecular complexity index is 1150. The first-order valence-corrected chi connectivity index (χ1v) is 10.3. The van der Waals surface area contributed by atoms with Crippen molar-refractivity contribution in [2.75, 3.05) is 19.7 Å². The Balaban J connectivity index is 1.57. The van der Waals surface area contributed by atoms with E-state index in [1.165, 1.54) is 0 Å². The highest BCUT2D eigenvalue weighted by atomic mass is 32.2. The minimum Gasteiger partial charge on any atom is -0.366 e. The first kappa shape index (κ1) is 19.6. The zero-order valence-corrected chi connectivity index (χ0v) is 16.2. The largest absolute Gasteiger partial charge is 0.366 e. The maximum absolute atomic E-state index is 13.5. The lowest BCUT2D eigenvalue weighted by molar-refractivity contribution is -0.0199. The summed E-state index contributed by atoms with van der Waals surface area (Å²) in [5.41, 5.74) is 1.76. The third-order valence-corrected chi connectivity index (χ3v) is 6.52. The van der Waals surface area contributed by atoms with Crippen LogP contribution in [0.3, 0.4) is 0 Å². The predicted molar refractivity (Wildman–Crippen MR) is 98.3 cm³/mol. The molecule has 1 aliphatic rings. The van der Waals surface area contributed by atoms with E-state index in [0.717, 1.165) is 27.6 Å². The van der Waals surface area contributed by atoms with Crippen LogP contribution in [0.1, 0.15) is 17.6 Å². The van der Waals surface area contributed by atoms with E-state index in [-0.39, 0.29) is 30.5 Å². The Morgan fingerprint density at radius 1 is 1.14 bits per heavy atom. The van der Waals surface area contributed by atoms with Crippen molar-refractivity contribution in [3.05, 3.63) is 65.6 Å². The van der Waals surface area contributed by atoms with Gasteiger partial charge in [0.25, 0.3) is 5.89 Å².